The molecule has 2 rings (SSSR count). The second-order valence-corrected chi connectivity index (χ2v) is 5.03. The highest BCUT2D eigenvalue weighted by molar-refractivity contribution is 9.10. The molecule has 3 heteroatoms. The van der Waals surface area contributed by atoms with Gasteiger partial charge >= 0.3 is 0 Å². The zero-order valence-electron chi connectivity index (χ0n) is 10.3. The summed E-state index contributed by atoms with van der Waals surface area (Å²) in [6.45, 7) is 0. The van der Waals surface area contributed by atoms with E-state index in [0.29, 0.717) is 0 Å². The molecule has 2 N–H and O–H groups in total. The molecule has 0 aromatic heterocycles. The summed E-state index contributed by atoms with van der Waals surface area (Å²) >= 11 is 3.55. The first kappa shape index (κ1) is 13.1. The summed E-state index contributed by atoms with van der Waals surface area (Å²) in [4.78, 5) is 0. The Morgan fingerprint density at radius 1 is 1.17 bits per heavy atom. The molecule has 0 aliphatic carbocycles. The summed E-state index contributed by atoms with van der Waals surface area (Å²) in [5.41, 5.74) is 8.55. The first-order chi connectivity index (χ1) is 8.70. The summed E-state index contributed by atoms with van der Waals surface area (Å²) in [7, 11) is 1.67. The second-order valence-electron chi connectivity index (χ2n) is 4.18. The van der Waals surface area contributed by atoms with Gasteiger partial charge in [0.25, 0.3) is 0 Å². The van der Waals surface area contributed by atoms with Gasteiger partial charge < -0.3 is 10.5 Å². The van der Waals surface area contributed by atoms with Gasteiger partial charge in [-0.05, 0) is 35.7 Å². The molecule has 18 heavy (non-hydrogen) atoms. The minimum Gasteiger partial charge on any atom is -0.497 e. The SMILES string of the molecule is COc1cccc(C(N)Cc2ccccc2Br)c1. The third-order valence-corrected chi connectivity index (χ3v) is 3.69. The van der Waals surface area contributed by atoms with E-state index in [1.165, 1.54) is 5.56 Å². The smallest absolute Gasteiger partial charge is 0.119 e. The Morgan fingerprint density at radius 2 is 1.94 bits per heavy atom. The average molecular weight is 306 g/mol. The lowest BCUT2D eigenvalue weighted by Gasteiger charge is -2.14. The van der Waals surface area contributed by atoms with E-state index in [-0.39, 0.29) is 6.04 Å². The minimum atomic E-state index is -0.0289. The third kappa shape index (κ3) is 3.12. The van der Waals surface area contributed by atoms with E-state index < -0.39 is 0 Å². The summed E-state index contributed by atoms with van der Waals surface area (Å²) < 4.78 is 6.31. The number of nitrogens with two attached hydrogens (primary N) is 1. The van der Waals surface area contributed by atoms with Crippen molar-refractivity contribution >= 4 is 15.9 Å². The zero-order valence-corrected chi connectivity index (χ0v) is 11.9. The van der Waals surface area contributed by atoms with Crippen molar-refractivity contribution in [3.63, 3.8) is 0 Å². The van der Waals surface area contributed by atoms with Gasteiger partial charge in [0, 0.05) is 10.5 Å². The predicted molar refractivity (Wildman–Crippen MR) is 77.8 cm³/mol. The maximum absolute atomic E-state index is 6.24. The lowest BCUT2D eigenvalue weighted by atomic mass is 9.99. The Labute approximate surface area is 116 Å². The van der Waals surface area contributed by atoms with Crippen LogP contribution in [-0.4, -0.2) is 7.11 Å². The van der Waals surface area contributed by atoms with E-state index in [0.717, 1.165) is 22.2 Å². The van der Waals surface area contributed by atoms with Gasteiger partial charge in [0.15, 0.2) is 0 Å². The van der Waals surface area contributed by atoms with Crippen LogP contribution in [0.3, 0.4) is 0 Å². The van der Waals surface area contributed by atoms with Gasteiger partial charge in [0.1, 0.15) is 5.75 Å². The molecule has 0 aliphatic heterocycles. The number of hydrogen-bond acceptors (Lipinski definition) is 2. The molecule has 0 saturated carbocycles. The van der Waals surface area contributed by atoms with Crippen molar-refractivity contribution in [1.29, 1.82) is 0 Å². The summed E-state index contributed by atoms with van der Waals surface area (Å²) in [5, 5.41) is 0. The van der Waals surface area contributed by atoms with Crippen LogP contribution in [0.25, 0.3) is 0 Å². The van der Waals surface area contributed by atoms with Crippen LogP contribution in [0.15, 0.2) is 53.0 Å². The van der Waals surface area contributed by atoms with E-state index in [9.17, 15) is 0 Å². The Hall–Kier alpha value is -1.32. The van der Waals surface area contributed by atoms with Gasteiger partial charge in [-0.25, -0.2) is 0 Å². The molecule has 0 amide bonds. The number of methoxy groups -OCH3 is 1. The van der Waals surface area contributed by atoms with Crippen molar-refractivity contribution in [3.8, 4) is 5.75 Å². The van der Waals surface area contributed by atoms with E-state index in [1.807, 2.05) is 42.5 Å². The number of rotatable bonds is 4. The molecule has 1 unspecified atom stereocenters. The molecule has 0 saturated heterocycles. The Balaban J connectivity index is 2.16. The number of benzene rings is 2. The molecule has 0 spiro atoms. The highest BCUT2D eigenvalue weighted by atomic mass is 79.9. The monoisotopic (exact) mass is 305 g/mol. The molecular weight excluding hydrogens is 290 g/mol. The summed E-state index contributed by atoms with van der Waals surface area (Å²) in [6, 6.07) is 16.0. The molecule has 94 valence electrons. The number of hydrogen-bond donors (Lipinski definition) is 1. The Morgan fingerprint density at radius 3 is 2.67 bits per heavy atom. The van der Waals surface area contributed by atoms with Crippen LogP contribution in [-0.2, 0) is 6.42 Å². The Bertz CT molecular complexity index is 527. The molecule has 0 radical (unpaired) electrons. The van der Waals surface area contributed by atoms with Crippen molar-refractivity contribution in [3.05, 3.63) is 64.1 Å². The van der Waals surface area contributed by atoms with E-state index >= 15 is 0 Å². The topological polar surface area (TPSA) is 35.2 Å². The van der Waals surface area contributed by atoms with Gasteiger partial charge in [-0.2, -0.15) is 0 Å². The van der Waals surface area contributed by atoms with Gasteiger partial charge in [-0.15, -0.1) is 0 Å². The van der Waals surface area contributed by atoms with Crippen LogP contribution in [0.4, 0.5) is 0 Å². The van der Waals surface area contributed by atoms with Gasteiger partial charge in [-0.1, -0.05) is 46.3 Å². The van der Waals surface area contributed by atoms with Gasteiger partial charge in [0.05, 0.1) is 7.11 Å². The van der Waals surface area contributed by atoms with Crippen molar-refractivity contribution in [2.24, 2.45) is 5.73 Å². The number of halogens is 1. The molecular formula is C15H16BrNO. The second kappa shape index (κ2) is 6.03. The maximum atomic E-state index is 6.24. The van der Waals surface area contributed by atoms with Crippen molar-refractivity contribution in [1.82, 2.24) is 0 Å². The molecule has 0 bridgehead atoms. The van der Waals surface area contributed by atoms with Crippen molar-refractivity contribution in [2.45, 2.75) is 12.5 Å². The standard InChI is InChI=1S/C15H16BrNO/c1-18-13-7-4-6-12(9-13)15(17)10-11-5-2-3-8-14(11)16/h2-9,15H,10,17H2,1H3. The van der Waals surface area contributed by atoms with Gasteiger partial charge in [-0.3, -0.25) is 0 Å². The molecule has 2 aromatic rings. The molecule has 0 aliphatic rings. The van der Waals surface area contributed by atoms with Crippen LogP contribution in [0.1, 0.15) is 17.2 Å². The lowest BCUT2D eigenvalue weighted by Crippen LogP contribution is -2.13. The van der Waals surface area contributed by atoms with Crippen LogP contribution < -0.4 is 10.5 Å². The van der Waals surface area contributed by atoms with Crippen molar-refractivity contribution < 1.29 is 4.74 Å². The lowest BCUT2D eigenvalue weighted by molar-refractivity contribution is 0.414. The van der Waals surface area contributed by atoms with Crippen LogP contribution in [0.2, 0.25) is 0 Å². The van der Waals surface area contributed by atoms with Crippen molar-refractivity contribution in [2.75, 3.05) is 7.11 Å². The Kier molecular flexibility index (Phi) is 4.39. The van der Waals surface area contributed by atoms with E-state index in [2.05, 4.69) is 22.0 Å². The number of ether oxygens (including phenoxy) is 1. The normalized spacial score (nSPS) is 12.2. The minimum absolute atomic E-state index is 0.0289. The van der Waals surface area contributed by atoms with Crippen LogP contribution in [0, 0.1) is 0 Å². The third-order valence-electron chi connectivity index (χ3n) is 2.92. The zero-order chi connectivity index (χ0) is 13.0. The fraction of sp³-hybridized carbons (Fsp3) is 0.200. The van der Waals surface area contributed by atoms with Crippen LogP contribution >= 0.6 is 15.9 Å². The van der Waals surface area contributed by atoms with Crippen LogP contribution in [0.5, 0.6) is 5.75 Å². The largest absolute Gasteiger partial charge is 0.497 e. The highest BCUT2D eigenvalue weighted by Gasteiger charge is 2.09. The van der Waals surface area contributed by atoms with E-state index in [1.54, 1.807) is 7.11 Å². The molecule has 2 aromatic carbocycles. The maximum Gasteiger partial charge on any atom is 0.119 e. The molecule has 0 fully saturated rings. The predicted octanol–water partition coefficient (Wildman–Crippen LogP) is 3.70. The molecule has 1 atom stereocenters. The molecule has 0 heterocycles. The first-order valence-corrected chi connectivity index (χ1v) is 6.63. The fourth-order valence-corrected chi connectivity index (χ4v) is 2.34. The van der Waals surface area contributed by atoms with Gasteiger partial charge in [0.2, 0.25) is 0 Å². The average Bonchev–Trinajstić information content (AvgIpc) is 2.41. The molecule has 2 nitrogen and oxygen atoms in total. The summed E-state index contributed by atoms with van der Waals surface area (Å²) in [6.07, 6.45) is 0.800. The fourth-order valence-electron chi connectivity index (χ4n) is 1.89. The van der Waals surface area contributed by atoms with E-state index in [4.69, 9.17) is 10.5 Å². The quantitative estimate of drug-likeness (QED) is 0.935. The highest BCUT2D eigenvalue weighted by Crippen LogP contribution is 2.24. The summed E-state index contributed by atoms with van der Waals surface area (Å²) in [5.74, 6) is 0.843. The first-order valence-electron chi connectivity index (χ1n) is 5.83.